The molecule has 0 radical (unpaired) electrons. The molecule has 1 saturated heterocycles. The highest BCUT2D eigenvalue weighted by Gasteiger charge is 2.43. The van der Waals surface area contributed by atoms with Gasteiger partial charge in [0.05, 0.1) is 42.7 Å². The van der Waals surface area contributed by atoms with Crippen LogP contribution in [0.2, 0.25) is 0 Å². The average molecular weight is 731 g/mol. The molecule has 1 fully saturated rings. The Morgan fingerprint density at radius 2 is 1.52 bits per heavy atom. The van der Waals surface area contributed by atoms with Gasteiger partial charge in [-0.1, -0.05) is 67.0 Å². The Bertz CT molecular complexity index is 1270. The standard InChI is InChI=1S/C40H70N6O6/c1-14-27(6)36(45(11)40(50)35(26(4)5)43-39(49)34(41-8)25(2)3)32(51-12)24-33(47)46-23-15-16-31(46)37(52-13)28(7)38(48)42-22-21-29-17-19-30(20-18-29)44(9)10/h17-20,25-28,31-32,34-37,41H,14-16,21-24H2,1-13H3,(H,42,48)(H,43,49)/t27?,28-,31+,32-,34+,35+,36+,37-/m1/s1. The maximum atomic E-state index is 14.1. The van der Waals surface area contributed by atoms with Gasteiger partial charge in [0.15, 0.2) is 0 Å². The van der Waals surface area contributed by atoms with Crippen LogP contribution in [0.5, 0.6) is 0 Å². The van der Waals surface area contributed by atoms with E-state index >= 15 is 0 Å². The fourth-order valence-electron chi connectivity index (χ4n) is 7.50. The lowest BCUT2D eigenvalue weighted by atomic mass is 9.89. The smallest absolute Gasteiger partial charge is 0.245 e. The molecule has 1 unspecified atom stereocenters. The molecule has 3 N–H and O–H groups in total. The van der Waals surface area contributed by atoms with Gasteiger partial charge in [0.25, 0.3) is 0 Å². The first-order valence-electron chi connectivity index (χ1n) is 19.2. The highest BCUT2D eigenvalue weighted by molar-refractivity contribution is 5.90. The summed E-state index contributed by atoms with van der Waals surface area (Å²) < 4.78 is 12.0. The number of amides is 4. The zero-order valence-corrected chi connectivity index (χ0v) is 34.3. The van der Waals surface area contributed by atoms with Crippen molar-refractivity contribution in [3.63, 3.8) is 0 Å². The van der Waals surface area contributed by atoms with Gasteiger partial charge in [-0.25, -0.2) is 0 Å². The van der Waals surface area contributed by atoms with Crippen LogP contribution < -0.4 is 20.9 Å². The van der Waals surface area contributed by atoms with Gasteiger partial charge in [-0.3, -0.25) is 19.2 Å². The number of carbonyl (C=O) groups is 4. The summed E-state index contributed by atoms with van der Waals surface area (Å²) >= 11 is 0. The quantitative estimate of drug-likeness (QED) is 0.175. The fraction of sp³-hybridized carbons (Fsp3) is 0.750. The molecule has 1 aliphatic heterocycles. The number of rotatable bonds is 21. The Morgan fingerprint density at radius 3 is 2.02 bits per heavy atom. The van der Waals surface area contributed by atoms with Gasteiger partial charge in [0.1, 0.15) is 6.04 Å². The molecule has 0 aromatic heterocycles. The normalized spacial score (nSPS) is 18.7. The van der Waals surface area contributed by atoms with Gasteiger partial charge >= 0.3 is 0 Å². The minimum absolute atomic E-state index is 0.00618. The Morgan fingerprint density at radius 1 is 0.904 bits per heavy atom. The number of likely N-dealkylation sites (N-methyl/N-ethyl adjacent to an activating group) is 2. The number of likely N-dealkylation sites (tertiary alicyclic amines) is 1. The predicted molar refractivity (Wildman–Crippen MR) is 208 cm³/mol. The van der Waals surface area contributed by atoms with Gasteiger partial charge in [0.2, 0.25) is 23.6 Å². The first kappa shape index (κ1) is 44.9. The fourth-order valence-corrected chi connectivity index (χ4v) is 7.50. The maximum absolute atomic E-state index is 14.1. The molecule has 296 valence electrons. The third-order valence-electron chi connectivity index (χ3n) is 10.9. The third kappa shape index (κ3) is 11.9. The van der Waals surface area contributed by atoms with Gasteiger partial charge in [0, 0.05) is 54.1 Å². The Hall–Kier alpha value is -3.22. The van der Waals surface area contributed by atoms with Crippen molar-refractivity contribution in [2.45, 2.75) is 117 Å². The Balaban J connectivity index is 2.18. The number of nitrogens with one attached hydrogen (secondary N) is 3. The van der Waals surface area contributed by atoms with E-state index in [0.29, 0.717) is 19.5 Å². The molecule has 2 rings (SSSR count). The van der Waals surface area contributed by atoms with Crippen molar-refractivity contribution in [2.75, 3.05) is 60.4 Å². The molecule has 1 aliphatic rings. The van der Waals surface area contributed by atoms with Gasteiger partial charge in [-0.05, 0) is 61.8 Å². The number of ether oxygens (including phenoxy) is 2. The molecule has 12 heteroatoms. The zero-order chi connectivity index (χ0) is 39.3. The molecule has 1 heterocycles. The lowest BCUT2D eigenvalue weighted by molar-refractivity contribution is -0.147. The molecule has 4 amide bonds. The monoisotopic (exact) mass is 731 g/mol. The Labute approximate surface area is 314 Å². The topological polar surface area (TPSA) is 133 Å². The van der Waals surface area contributed by atoms with Crippen LogP contribution in [0, 0.1) is 23.7 Å². The minimum atomic E-state index is -0.742. The van der Waals surface area contributed by atoms with E-state index in [-0.39, 0.29) is 53.8 Å². The molecule has 0 spiro atoms. The molecular weight excluding hydrogens is 660 g/mol. The first-order valence-corrected chi connectivity index (χ1v) is 19.2. The summed E-state index contributed by atoms with van der Waals surface area (Å²) in [7, 11) is 10.7. The minimum Gasteiger partial charge on any atom is -0.379 e. The second-order valence-electron chi connectivity index (χ2n) is 15.4. The number of hydrogen-bond donors (Lipinski definition) is 3. The summed E-state index contributed by atoms with van der Waals surface area (Å²) in [6, 6.07) is 6.42. The van der Waals surface area contributed by atoms with Crippen molar-refractivity contribution in [3.8, 4) is 0 Å². The number of nitrogens with zero attached hydrogens (tertiary/aromatic N) is 3. The summed E-state index contributed by atoms with van der Waals surface area (Å²) in [5.41, 5.74) is 2.27. The van der Waals surface area contributed by atoms with E-state index in [4.69, 9.17) is 9.47 Å². The van der Waals surface area contributed by atoms with Gasteiger partial charge in [-0.2, -0.15) is 0 Å². The van der Waals surface area contributed by atoms with E-state index < -0.39 is 36.3 Å². The van der Waals surface area contributed by atoms with E-state index in [9.17, 15) is 19.2 Å². The molecule has 0 saturated carbocycles. The van der Waals surface area contributed by atoms with E-state index in [1.165, 1.54) is 0 Å². The van der Waals surface area contributed by atoms with Crippen molar-refractivity contribution >= 4 is 29.3 Å². The molecule has 1 aromatic rings. The highest BCUT2D eigenvalue weighted by atomic mass is 16.5. The molecule has 52 heavy (non-hydrogen) atoms. The van der Waals surface area contributed by atoms with Crippen LogP contribution in [0.4, 0.5) is 5.69 Å². The number of benzene rings is 1. The highest BCUT2D eigenvalue weighted by Crippen LogP contribution is 2.29. The summed E-state index contributed by atoms with van der Waals surface area (Å²) in [4.78, 5) is 60.3. The largest absolute Gasteiger partial charge is 0.379 e. The molecule has 0 bridgehead atoms. The number of hydrogen-bond acceptors (Lipinski definition) is 8. The molecular formula is C40H70N6O6. The van der Waals surface area contributed by atoms with Crippen LogP contribution >= 0.6 is 0 Å². The number of anilines is 1. The van der Waals surface area contributed by atoms with Gasteiger partial charge in [-0.15, -0.1) is 0 Å². The predicted octanol–water partition coefficient (Wildman–Crippen LogP) is 3.72. The van der Waals surface area contributed by atoms with Crippen LogP contribution in [-0.2, 0) is 35.1 Å². The summed E-state index contributed by atoms with van der Waals surface area (Å²) in [5, 5.41) is 9.13. The average Bonchev–Trinajstić information content (AvgIpc) is 3.59. The van der Waals surface area contributed by atoms with E-state index in [1.54, 1.807) is 33.2 Å². The van der Waals surface area contributed by atoms with Crippen molar-refractivity contribution in [1.82, 2.24) is 25.8 Å². The summed E-state index contributed by atoms with van der Waals surface area (Å²) in [6.07, 6.45) is 2.00. The van der Waals surface area contributed by atoms with E-state index in [0.717, 1.165) is 30.5 Å². The van der Waals surface area contributed by atoms with E-state index in [1.807, 2.05) is 58.5 Å². The number of methoxy groups -OCH3 is 2. The summed E-state index contributed by atoms with van der Waals surface area (Å²) in [5.74, 6) is -1.22. The SMILES string of the molecule is CCC(C)[C@@H]([C@@H](CC(=O)N1CCC[C@H]1[C@H](OC)[C@@H](C)C(=O)NCCc1ccc(N(C)C)cc1)OC)N(C)C(=O)[C@@H](NC(=O)[C@@H](NC)C(C)C)C(C)C. The van der Waals surface area contributed by atoms with Crippen LogP contribution in [0.25, 0.3) is 0 Å². The second kappa shape index (κ2) is 21.5. The lowest BCUT2D eigenvalue weighted by Gasteiger charge is -2.41. The molecule has 12 nitrogen and oxygen atoms in total. The third-order valence-corrected chi connectivity index (χ3v) is 10.9. The van der Waals surface area contributed by atoms with Crippen LogP contribution in [0.1, 0.15) is 79.7 Å². The number of carbonyl (C=O) groups excluding carboxylic acids is 4. The summed E-state index contributed by atoms with van der Waals surface area (Å²) in [6.45, 7) is 14.8. The van der Waals surface area contributed by atoms with Crippen molar-refractivity contribution in [2.24, 2.45) is 23.7 Å². The molecule has 1 aromatic carbocycles. The lowest BCUT2D eigenvalue weighted by Crippen LogP contribution is -2.59. The molecule has 8 atom stereocenters. The van der Waals surface area contributed by atoms with Crippen molar-refractivity contribution in [1.29, 1.82) is 0 Å². The van der Waals surface area contributed by atoms with Gasteiger partial charge < -0.3 is 40.1 Å². The second-order valence-corrected chi connectivity index (χ2v) is 15.4. The van der Waals surface area contributed by atoms with Crippen LogP contribution in [-0.4, -0.2) is 125 Å². The van der Waals surface area contributed by atoms with Crippen LogP contribution in [0.15, 0.2) is 24.3 Å². The van der Waals surface area contributed by atoms with E-state index in [2.05, 4.69) is 54.1 Å². The zero-order valence-electron chi connectivity index (χ0n) is 34.3. The maximum Gasteiger partial charge on any atom is 0.245 e. The Kier molecular flexibility index (Phi) is 18.6. The molecule has 0 aliphatic carbocycles. The van der Waals surface area contributed by atoms with Crippen molar-refractivity contribution < 1.29 is 28.7 Å². The van der Waals surface area contributed by atoms with Crippen LogP contribution in [0.3, 0.4) is 0 Å². The van der Waals surface area contributed by atoms with Crippen molar-refractivity contribution in [3.05, 3.63) is 29.8 Å². The first-order chi connectivity index (χ1) is 24.5.